The van der Waals surface area contributed by atoms with Gasteiger partial charge in [0.2, 0.25) is 0 Å². The number of nitriles is 1. The molecule has 2 rings (SSSR count). The molecule has 2 aromatic rings. The van der Waals surface area contributed by atoms with Crippen molar-refractivity contribution >= 4 is 17.3 Å². The molecule has 0 amide bonds. The molecule has 0 aliphatic rings. The molecule has 0 saturated heterocycles. The lowest BCUT2D eigenvalue weighted by atomic mass is 10.2. The predicted molar refractivity (Wildman–Crippen MR) is 59.9 cm³/mol. The number of nitrogens with two attached hydrogens (primary N) is 1. The lowest BCUT2D eigenvalue weighted by molar-refractivity contribution is 1.06. The number of nitrogens with zero attached hydrogens (tertiary/aromatic N) is 2. The highest BCUT2D eigenvalue weighted by atomic mass is 35.5. The highest BCUT2D eigenvalue weighted by Gasteiger charge is 2.06. The summed E-state index contributed by atoms with van der Waals surface area (Å²) in [5, 5.41) is 9.48. The van der Waals surface area contributed by atoms with E-state index in [1.54, 1.807) is 41.1 Å². The summed E-state index contributed by atoms with van der Waals surface area (Å²) in [7, 11) is 0. The van der Waals surface area contributed by atoms with Crippen LogP contribution in [-0.4, -0.2) is 4.57 Å². The van der Waals surface area contributed by atoms with Gasteiger partial charge in [-0.15, -0.1) is 0 Å². The third kappa shape index (κ3) is 1.67. The minimum atomic E-state index is 0.531. The van der Waals surface area contributed by atoms with Crippen LogP contribution in [0.1, 0.15) is 5.69 Å². The Kier molecular flexibility index (Phi) is 2.36. The number of halogens is 1. The molecule has 0 aliphatic carbocycles. The molecule has 0 aliphatic heterocycles. The van der Waals surface area contributed by atoms with Crippen LogP contribution < -0.4 is 5.73 Å². The van der Waals surface area contributed by atoms with Gasteiger partial charge in [0.15, 0.2) is 0 Å². The fourth-order valence-electron chi connectivity index (χ4n) is 1.41. The Bertz CT molecular complexity index is 537. The normalized spacial score (nSPS) is 9.87. The fourth-order valence-corrected chi connectivity index (χ4v) is 1.57. The van der Waals surface area contributed by atoms with Crippen LogP contribution in [0.2, 0.25) is 5.02 Å². The zero-order chi connectivity index (χ0) is 10.8. The van der Waals surface area contributed by atoms with Crippen molar-refractivity contribution < 1.29 is 0 Å². The van der Waals surface area contributed by atoms with Gasteiger partial charge in [0.05, 0.1) is 11.4 Å². The van der Waals surface area contributed by atoms with E-state index in [-0.39, 0.29) is 0 Å². The SMILES string of the molecule is N#Cc1cccn1-c1cc(Cl)ccc1N. The molecule has 1 aromatic heterocycles. The van der Waals surface area contributed by atoms with E-state index in [0.717, 1.165) is 5.69 Å². The van der Waals surface area contributed by atoms with E-state index in [2.05, 4.69) is 6.07 Å². The summed E-state index contributed by atoms with van der Waals surface area (Å²) in [6.07, 6.45) is 1.78. The number of anilines is 1. The van der Waals surface area contributed by atoms with Crippen LogP contribution >= 0.6 is 11.6 Å². The first-order chi connectivity index (χ1) is 7.22. The largest absolute Gasteiger partial charge is 0.397 e. The number of rotatable bonds is 1. The molecule has 3 nitrogen and oxygen atoms in total. The second kappa shape index (κ2) is 3.68. The van der Waals surface area contributed by atoms with Crippen LogP contribution in [-0.2, 0) is 0 Å². The summed E-state index contributed by atoms with van der Waals surface area (Å²) < 4.78 is 1.71. The quantitative estimate of drug-likeness (QED) is 0.747. The highest BCUT2D eigenvalue weighted by molar-refractivity contribution is 6.30. The summed E-state index contributed by atoms with van der Waals surface area (Å²) in [4.78, 5) is 0. The van der Waals surface area contributed by atoms with Gasteiger partial charge in [-0.1, -0.05) is 11.6 Å². The lowest BCUT2D eigenvalue weighted by Gasteiger charge is -2.08. The molecule has 74 valence electrons. The Morgan fingerprint density at radius 1 is 1.33 bits per heavy atom. The number of hydrogen-bond acceptors (Lipinski definition) is 2. The topological polar surface area (TPSA) is 54.7 Å². The van der Waals surface area contributed by atoms with Crippen molar-refractivity contribution in [3.05, 3.63) is 47.2 Å². The fraction of sp³-hybridized carbons (Fsp3) is 0. The molecular formula is C11H8ClN3. The zero-order valence-electron chi connectivity index (χ0n) is 7.81. The summed E-state index contributed by atoms with van der Waals surface area (Å²) >= 11 is 5.88. The van der Waals surface area contributed by atoms with Crippen LogP contribution in [0.3, 0.4) is 0 Å². The molecule has 0 unspecified atom stereocenters. The Morgan fingerprint density at radius 3 is 2.87 bits per heavy atom. The first-order valence-electron chi connectivity index (χ1n) is 4.35. The third-order valence-corrected chi connectivity index (χ3v) is 2.35. The van der Waals surface area contributed by atoms with Gasteiger partial charge in [-0.05, 0) is 30.3 Å². The second-order valence-electron chi connectivity index (χ2n) is 3.08. The van der Waals surface area contributed by atoms with Gasteiger partial charge in [-0.3, -0.25) is 0 Å². The van der Waals surface area contributed by atoms with Crippen LogP contribution in [0.15, 0.2) is 36.5 Å². The molecule has 15 heavy (non-hydrogen) atoms. The molecule has 2 N–H and O–H groups in total. The Balaban J connectivity index is 2.64. The third-order valence-electron chi connectivity index (χ3n) is 2.12. The van der Waals surface area contributed by atoms with Gasteiger partial charge in [-0.25, -0.2) is 0 Å². The minimum absolute atomic E-state index is 0.531. The van der Waals surface area contributed by atoms with E-state index in [1.807, 2.05) is 0 Å². The monoisotopic (exact) mass is 217 g/mol. The molecule has 1 aromatic carbocycles. The molecule has 0 atom stereocenters. The average Bonchev–Trinajstić information content (AvgIpc) is 2.69. The van der Waals surface area contributed by atoms with Crippen molar-refractivity contribution in [2.45, 2.75) is 0 Å². The first-order valence-corrected chi connectivity index (χ1v) is 4.73. The van der Waals surface area contributed by atoms with Crippen molar-refractivity contribution in [2.75, 3.05) is 5.73 Å². The summed E-state index contributed by atoms with van der Waals surface area (Å²) in [6, 6.07) is 10.8. The maximum Gasteiger partial charge on any atom is 0.124 e. The van der Waals surface area contributed by atoms with Gasteiger partial charge in [0.25, 0.3) is 0 Å². The highest BCUT2D eigenvalue weighted by Crippen LogP contribution is 2.23. The van der Waals surface area contributed by atoms with Crippen LogP contribution in [0.5, 0.6) is 0 Å². The van der Waals surface area contributed by atoms with Gasteiger partial charge >= 0.3 is 0 Å². The van der Waals surface area contributed by atoms with Gasteiger partial charge in [0, 0.05) is 11.2 Å². The minimum Gasteiger partial charge on any atom is -0.397 e. The molecule has 0 spiro atoms. The molecule has 0 fully saturated rings. The van der Waals surface area contributed by atoms with Crippen molar-refractivity contribution in [2.24, 2.45) is 0 Å². The predicted octanol–water partition coefficient (Wildman–Crippen LogP) is 2.58. The van der Waals surface area contributed by atoms with Crippen LogP contribution in [0.4, 0.5) is 5.69 Å². The van der Waals surface area contributed by atoms with E-state index in [1.165, 1.54) is 0 Å². The molecule has 0 radical (unpaired) electrons. The number of aromatic nitrogens is 1. The standard InChI is InChI=1S/C11H8ClN3/c12-8-3-4-10(14)11(6-8)15-5-1-2-9(15)7-13/h1-6H,14H2. The molecular weight excluding hydrogens is 210 g/mol. The van der Waals surface area contributed by atoms with E-state index in [0.29, 0.717) is 16.4 Å². The zero-order valence-corrected chi connectivity index (χ0v) is 8.57. The maximum atomic E-state index is 8.88. The number of hydrogen-bond donors (Lipinski definition) is 1. The van der Waals surface area contributed by atoms with Crippen molar-refractivity contribution in [1.29, 1.82) is 5.26 Å². The van der Waals surface area contributed by atoms with E-state index in [9.17, 15) is 0 Å². The smallest absolute Gasteiger partial charge is 0.124 e. The van der Waals surface area contributed by atoms with E-state index in [4.69, 9.17) is 22.6 Å². The lowest BCUT2D eigenvalue weighted by Crippen LogP contribution is -2.00. The number of nitrogen functional groups attached to an aromatic ring is 1. The van der Waals surface area contributed by atoms with Gasteiger partial charge in [-0.2, -0.15) is 5.26 Å². The Labute approximate surface area is 92.3 Å². The van der Waals surface area contributed by atoms with Crippen molar-refractivity contribution in [3.63, 3.8) is 0 Å². The van der Waals surface area contributed by atoms with Crippen LogP contribution in [0, 0.1) is 11.3 Å². The van der Waals surface area contributed by atoms with E-state index < -0.39 is 0 Å². The van der Waals surface area contributed by atoms with Crippen molar-refractivity contribution in [1.82, 2.24) is 4.57 Å². The Hall–Kier alpha value is -1.92. The van der Waals surface area contributed by atoms with Gasteiger partial charge < -0.3 is 10.3 Å². The summed E-state index contributed by atoms with van der Waals surface area (Å²) in [5.74, 6) is 0. The van der Waals surface area contributed by atoms with E-state index >= 15 is 0 Å². The average molecular weight is 218 g/mol. The molecule has 4 heteroatoms. The van der Waals surface area contributed by atoms with Crippen molar-refractivity contribution in [3.8, 4) is 11.8 Å². The first kappa shape index (κ1) is 9.63. The molecule has 0 saturated carbocycles. The van der Waals surface area contributed by atoms with Crippen LogP contribution in [0.25, 0.3) is 5.69 Å². The Morgan fingerprint density at radius 2 is 2.13 bits per heavy atom. The van der Waals surface area contributed by atoms with Gasteiger partial charge in [0.1, 0.15) is 11.8 Å². The maximum absolute atomic E-state index is 8.88. The molecule has 0 bridgehead atoms. The molecule has 1 heterocycles. The number of benzene rings is 1. The second-order valence-corrected chi connectivity index (χ2v) is 3.51. The summed E-state index contributed by atoms with van der Waals surface area (Å²) in [6.45, 7) is 0. The summed E-state index contributed by atoms with van der Waals surface area (Å²) in [5.41, 5.74) is 7.66.